The van der Waals surface area contributed by atoms with Gasteiger partial charge in [-0.05, 0) is 29.8 Å². The van der Waals surface area contributed by atoms with Gasteiger partial charge in [0.15, 0.2) is 5.65 Å². The second kappa shape index (κ2) is 8.76. The fourth-order valence-corrected chi connectivity index (χ4v) is 3.22. The molecule has 2 heterocycles. The zero-order valence-corrected chi connectivity index (χ0v) is 16.6. The molecule has 0 radical (unpaired) electrons. The van der Waals surface area contributed by atoms with Crippen molar-refractivity contribution in [1.29, 1.82) is 0 Å². The van der Waals surface area contributed by atoms with E-state index in [4.69, 9.17) is 0 Å². The molecule has 0 aliphatic carbocycles. The SMILES string of the molecule is O=C(NCCn1ncc2c(=O)n(Cc3cccc([N+](=O)[O-])c3)cnc21)c1ccc(F)cc1. The molecule has 4 rings (SSSR count). The van der Waals surface area contributed by atoms with Gasteiger partial charge in [0.25, 0.3) is 17.2 Å². The largest absolute Gasteiger partial charge is 0.350 e. The molecule has 0 spiro atoms. The van der Waals surface area contributed by atoms with Crippen LogP contribution in [0.1, 0.15) is 15.9 Å². The van der Waals surface area contributed by atoms with Crippen LogP contribution in [0.25, 0.3) is 11.0 Å². The Kier molecular flexibility index (Phi) is 5.71. The molecule has 0 saturated heterocycles. The van der Waals surface area contributed by atoms with Crippen molar-refractivity contribution in [3.05, 3.63) is 98.5 Å². The number of halogens is 1. The van der Waals surface area contributed by atoms with Gasteiger partial charge in [0.1, 0.15) is 17.5 Å². The molecule has 2 aromatic carbocycles. The van der Waals surface area contributed by atoms with Crippen LogP contribution in [-0.4, -0.2) is 36.7 Å². The van der Waals surface area contributed by atoms with E-state index in [0.717, 1.165) is 0 Å². The Bertz CT molecular complexity index is 1360. The predicted octanol–water partition coefficient (Wildman–Crippen LogP) is 2.12. The summed E-state index contributed by atoms with van der Waals surface area (Å²) in [5, 5.41) is 18.1. The fourth-order valence-electron chi connectivity index (χ4n) is 3.22. The van der Waals surface area contributed by atoms with Crippen molar-refractivity contribution >= 4 is 22.6 Å². The Labute approximate surface area is 180 Å². The number of hydrogen-bond acceptors (Lipinski definition) is 6. The molecule has 0 aliphatic rings. The van der Waals surface area contributed by atoms with Crippen molar-refractivity contribution in [2.75, 3.05) is 6.54 Å². The number of rotatable bonds is 7. The molecule has 0 atom stereocenters. The molecular formula is C21H17FN6O4. The van der Waals surface area contributed by atoms with E-state index in [2.05, 4.69) is 15.4 Å². The van der Waals surface area contributed by atoms with Crippen LogP contribution in [0.15, 0.2) is 65.8 Å². The summed E-state index contributed by atoms with van der Waals surface area (Å²) < 4.78 is 15.8. The maximum absolute atomic E-state index is 13.0. The van der Waals surface area contributed by atoms with Gasteiger partial charge >= 0.3 is 0 Å². The quantitative estimate of drug-likeness (QED) is 0.349. The summed E-state index contributed by atoms with van der Waals surface area (Å²) in [5.41, 5.74) is 0.904. The number of carbonyl (C=O) groups is 1. The van der Waals surface area contributed by atoms with E-state index >= 15 is 0 Å². The Morgan fingerprint density at radius 3 is 2.72 bits per heavy atom. The molecule has 0 aliphatic heterocycles. The van der Waals surface area contributed by atoms with Crippen LogP contribution in [0.5, 0.6) is 0 Å². The van der Waals surface area contributed by atoms with Gasteiger partial charge in [-0.15, -0.1) is 0 Å². The van der Waals surface area contributed by atoms with E-state index < -0.39 is 10.7 Å². The number of amides is 1. The highest BCUT2D eigenvalue weighted by Gasteiger charge is 2.12. The number of nitro benzene ring substituents is 1. The topological polar surface area (TPSA) is 125 Å². The summed E-state index contributed by atoms with van der Waals surface area (Å²) >= 11 is 0. The lowest BCUT2D eigenvalue weighted by Crippen LogP contribution is -2.27. The third-order valence-electron chi connectivity index (χ3n) is 4.81. The average Bonchev–Trinajstić information content (AvgIpc) is 3.20. The first-order chi connectivity index (χ1) is 15.4. The molecule has 1 amide bonds. The molecule has 32 heavy (non-hydrogen) atoms. The van der Waals surface area contributed by atoms with Crippen LogP contribution in [0.2, 0.25) is 0 Å². The molecule has 11 heteroatoms. The fraction of sp³-hybridized carbons (Fsp3) is 0.143. The minimum Gasteiger partial charge on any atom is -0.350 e. The molecule has 0 unspecified atom stereocenters. The number of nitro groups is 1. The third-order valence-corrected chi connectivity index (χ3v) is 4.81. The van der Waals surface area contributed by atoms with Crippen molar-refractivity contribution in [2.45, 2.75) is 13.1 Å². The third kappa shape index (κ3) is 4.36. The second-order valence-corrected chi connectivity index (χ2v) is 6.97. The number of nitrogens with one attached hydrogen (secondary N) is 1. The van der Waals surface area contributed by atoms with E-state index in [9.17, 15) is 24.1 Å². The molecule has 0 bridgehead atoms. The Balaban J connectivity index is 1.46. The van der Waals surface area contributed by atoms with Crippen molar-refractivity contribution < 1.29 is 14.1 Å². The zero-order chi connectivity index (χ0) is 22.7. The van der Waals surface area contributed by atoms with E-state index in [0.29, 0.717) is 22.2 Å². The second-order valence-electron chi connectivity index (χ2n) is 6.97. The van der Waals surface area contributed by atoms with Crippen molar-refractivity contribution in [3.63, 3.8) is 0 Å². The molecule has 162 valence electrons. The normalized spacial score (nSPS) is 10.9. The summed E-state index contributed by atoms with van der Waals surface area (Å²) in [6, 6.07) is 11.2. The Morgan fingerprint density at radius 2 is 1.97 bits per heavy atom. The minimum atomic E-state index is -0.493. The number of benzene rings is 2. The van der Waals surface area contributed by atoms with Crippen molar-refractivity contribution in [3.8, 4) is 0 Å². The van der Waals surface area contributed by atoms with Crippen LogP contribution in [0.4, 0.5) is 10.1 Å². The van der Waals surface area contributed by atoms with Crippen LogP contribution in [0, 0.1) is 15.9 Å². The summed E-state index contributed by atoms with van der Waals surface area (Å²) in [6.45, 7) is 0.631. The number of aromatic nitrogens is 4. The minimum absolute atomic E-state index is 0.0555. The number of non-ortho nitro benzene ring substituents is 1. The Morgan fingerprint density at radius 1 is 1.19 bits per heavy atom. The molecule has 0 fully saturated rings. The van der Waals surface area contributed by atoms with E-state index in [1.165, 1.54) is 58.2 Å². The van der Waals surface area contributed by atoms with Gasteiger partial charge in [0.2, 0.25) is 0 Å². The number of carbonyl (C=O) groups excluding carboxylic acids is 1. The summed E-state index contributed by atoms with van der Waals surface area (Å²) in [6.07, 6.45) is 2.76. The van der Waals surface area contributed by atoms with Gasteiger partial charge in [0, 0.05) is 24.2 Å². The first kappa shape index (κ1) is 20.8. The molecule has 0 saturated carbocycles. The van der Waals surface area contributed by atoms with Gasteiger partial charge < -0.3 is 5.32 Å². The summed E-state index contributed by atoms with van der Waals surface area (Å²) in [5.74, 6) is -0.777. The van der Waals surface area contributed by atoms with Gasteiger partial charge in [-0.3, -0.25) is 24.3 Å². The average molecular weight is 436 g/mol. The van der Waals surface area contributed by atoms with Gasteiger partial charge in [0.05, 0.1) is 24.2 Å². The van der Waals surface area contributed by atoms with E-state index in [1.807, 2.05) is 0 Å². The van der Waals surface area contributed by atoms with E-state index in [1.54, 1.807) is 12.1 Å². The van der Waals surface area contributed by atoms with Gasteiger partial charge in [-0.2, -0.15) is 5.10 Å². The number of fused-ring (bicyclic) bond motifs is 1. The van der Waals surface area contributed by atoms with Crippen molar-refractivity contribution in [1.82, 2.24) is 24.6 Å². The Hall–Kier alpha value is -4.41. The van der Waals surface area contributed by atoms with E-state index in [-0.39, 0.29) is 36.8 Å². The van der Waals surface area contributed by atoms with Crippen LogP contribution in [0.3, 0.4) is 0 Å². The highest BCUT2D eigenvalue weighted by molar-refractivity contribution is 5.94. The molecule has 4 aromatic rings. The molecule has 10 nitrogen and oxygen atoms in total. The lowest BCUT2D eigenvalue weighted by atomic mass is 10.2. The molecule has 2 aromatic heterocycles. The smallest absolute Gasteiger partial charge is 0.269 e. The maximum Gasteiger partial charge on any atom is 0.269 e. The van der Waals surface area contributed by atoms with Crippen LogP contribution in [-0.2, 0) is 13.1 Å². The van der Waals surface area contributed by atoms with Gasteiger partial charge in [-0.25, -0.2) is 14.1 Å². The lowest BCUT2D eigenvalue weighted by molar-refractivity contribution is -0.384. The number of hydrogen-bond donors (Lipinski definition) is 1. The maximum atomic E-state index is 13.0. The van der Waals surface area contributed by atoms with Crippen LogP contribution >= 0.6 is 0 Å². The lowest BCUT2D eigenvalue weighted by Gasteiger charge is -2.08. The first-order valence-corrected chi connectivity index (χ1v) is 9.60. The number of nitrogens with zero attached hydrogens (tertiary/aromatic N) is 5. The highest BCUT2D eigenvalue weighted by atomic mass is 19.1. The standard InChI is InChI=1S/C21H17FN6O4/c22-16-6-4-15(5-7-16)20(29)23-8-9-27-19-18(11-25-27)21(30)26(13-24-19)12-14-2-1-3-17(10-14)28(31)32/h1-7,10-11,13H,8-9,12H2,(H,23,29). The molecular weight excluding hydrogens is 419 g/mol. The van der Waals surface area contributed by atoms with Gasteiger partial charge in [-0.1, -0.05) is 12.1 Å². The van der Waals surface area contributed by atoms with Crippen LogP contribution < -0.4 is 10.9 Å². The molecule has 1 N–H and O–H groups in total. The monoisotopic (exact) mass is 436 g/mol. The predicted molar refractivity (Wildman–Crippen MR) is 113 cm³/mol. The van der Waals surface area contributed by atoms with Crippen molar-refractivity contribution in [2.24, 2.45) is 0 Å². The summed E-state index contributed by atoms with van der Waals surface area (Å²) in [4.78, 5) is 39.7. The highest BCUT2D eigenvalue weighted by Crippen LogP contribution is 2.14. The summed E-state index contributed by atoms with van der Waals surface area (Å²) in [7, 11) is 0. The first-order valence-electron chi connectivity index (χ1n) is 9.60. The zero-order valence-electron chi connectivity index (χ0n) is 16.6.